The van der Waals surface area contributed by atoms with Crippen LogP contribution < -0.4 is 0 Å². The monoisotopic (exact) mass is 271 g/mol. The zero-order valence-corrected chi connectivity index (χ0v) is 11.7. The van der Waals surface area contributed by atoms with Crippen molar-refractivity contribution in [3.8, 4) is 6.07 Å². The van der Waals surface area contributed by atoms with E-state index in [1.807, 2.05) is 30.5 Å². The molecular formula is C10H13N3O2S2. The molecule has 0 aliphatic carbocycles. The van der Waals surface area contributed by atoms with Gasteiger partial charge in [-0.3, -0.25) is 4.31 Å². The van der Waals surface area contributed by atoms with Crippen molar-refractivity contribution in [3.63, 3.8) is 0 Å². The van der Waals surface area contributed by atoms with Gasteiger partial charge in [0.1, 0.15) is 11.1 Å². The van der Waals surface area contributed by atoms with Crippen molar-refractivity contribution in [1.29, 1.82) is 5.26 Å². The molecule has 0 fully saturated rings. The first-order chi connectivity index (χ1) is 8.04. The molecule has 0 N–H and O–H groups in total. The second-order valence-electron chi connectivity index (χ2n) is 3.39. The standard InChI is InChI=1S/C10H13N3O2S2/c1-6(2)13-10(16-4)12-8(17-13)7(5-11)9(14)15-3/h6H,1-4H3. The molecule has 1 rings (SSSR count). The summed E-state index contributed by atoms with van der Waals surface area (Å²) in [6, 6.07) is 2.08. The summed E-state index contributed by atoms with van der Waals surface area (Å²) in [4.78, 5) is 15.7. The molecule has 0 saturated carbocycles. The molecule has 5 nitrogen and oxygen atoms in total. The first kappa shape index (κ1) is 13.9. The lowest BCUT2D eigenvalue weighted by Gasteiger charge is -2.20. The van der Waals surface area contributed by atoms with Gasteiger partial charge in [-0.15, -0.1) is 0 Å². The Bertz CT molecular complexity index is 424. The Morgan fingerprint density at radius 3 is 2.65 bits per heavy atom. The molecule has 0 amide bonds. The van der Waals surface area contributed by atoms with Gasteiger partial charge in [-0.05, 0) is 20.1 Å². The highest BCUT2D eigenvalue weighted by Gasteiger charge is 2.28. The Labute approximate surface area is 109 Å². The van der Waals surface area contributed by atoms with Gasteiger partial charge in [-0.1, -0.05) is 11.8 Å². The summed E-state index contributed by atoms with van der Waals surface area (Å²) in [6.45, 7) is 4.04. The van der Waals surface area contributed by atoms with E-state index in [0.29, 0.717) is 5.03 Å². The van der Waals surface area contributed by atoms with E-state index in [4.69, 9.17) is 5.26 Å². The quantitative estimate of drug-likeness (QED) is 0.331. The maximum Gasteiger partial charge on any atom is 0.351 e. The molecule has 92 valence electrons. The molecule has 0 aromatic rings. The van der Waals surface area contributed by atoms with E-state index in [1.54, 1.807) is 0 Å². The Morgan fingerprint density at radius 2 is 2.29 bits per heavy atom. The van der Waals surface area contributed by atoms with Crippen molar-refractivity contribution >= 4 is 34.8 Å². The molecule has 1 aliphatic heterocycles. The van der Waals surface area contributed by atoms with Gasteiger partial charge in [0.2, 0.25) is 0 Å². The van der Waals surface area contributed by atoms with Crippen LogP contribution in [0.3, 0.4) is 0 Å². The first-order valence-electron chi connectivity index (χ1n) is 4.87. The molecule has 0 radical (unpaired) electrons. The fourth-order valence-corrected chi connectivity index (χ4v) is 2.97. The Hall–Kier alpha value is -1.13. The van der Waals surface area contributed by atoms with Gasteiger partial charge in [0.25, 0.3) is 0 Å². The summed E-state index contributed by atoms with van der Waals surface area (Å²) >= 11 is 2.77. The Kier molecular flexibility index (Phi) is 4.90. The highest BCUT2D eigenvalue weighted by Crippen LogP contribution is 2.37. The number of thioether (sulfide) groups is 1. The summed E-state index contributed by atoms with van der Waals surface area (Å²) < 4.78 is 6.51. The third kappa shape index (κ3) is 2.96. The number of hydrogen-bond acceptors (Lipinski definition) is 7. The van der Waals surface area contributed by atoms with Crippen LogP contribution in [0.15, 0.2) is 15.6 Å². The van der Waals surface area contributed by atoms with Gasteiger partial charge in [-0.2, -0.15) is 5.26 Å². The van der Waals surface area contributed by atoms with Crippen LogP contribution in [0.4, 0.5) is 0 Å². The van der Waals surface area contributed by atoms with Crippen molar-refractivity contribution in [2.45, 2.75) is 19.9 Å². The molecule has 1 heterocycles. The molecule has 1 aliphatic rings. The van der Waals surface area contributed by atoms with E-state index >= 15 is 0 Å². The normalized spacial score (nSPS) is 17.9. The van der Waals surface area contributed by atoms with Gasteiger partial charge in [0.15, 0.2) is 10.7 Å². The van der Waals surface area contributed by atoms with Gasteiger partial charge in [0, 0.05) is 18.0 Å². The van der Waals surface area contributed by atoms with Crippen molar-refractivity contribution in [1.82, 2.24) is 4.31 Å². The fourth-order valence-electron chi connectivity index (χ4n) is 1.14. The number of esters is 1. The lowest BCUT2D eigenvalue weighted by molar-refractivity contribution is -0.135. The van der Waals surface area contributed by atoms with Gasteiger partial charge in [0.05, 0.1) is 7.11 Å². The molecule has 0 saturated heterocycles. The zero-order chi connectivity index (χ0) is 13.0. The molecule has 0 spiro atoms. The third-order valence-electron chi connectivity index (χ3n) is 1.94. The van der Waals surface area contributed by atoms with Crippen LogP contribution in [0.2, 0.25) is 0 Å². The first-order valence-corrected chi connectivity index (χ1v) is 6.87. The third-order valence-corrected chi connectivity index (χ3v) is 3.97. The lowest BCUT2D eigenvalue weighted by Crippen LogP contribution is -2.25. The summed E-state index contributed by atoms with van der Waals surface area (Å²) in [5.41, 5.74) is -0.0489. The minimum absolute atomic E-state index is 0.0489. The minimum Gasteiger partial charge on any atom is -0.465 e. The summed E-state index contributed by atoms with van der Waals surface area (Å²) in [7, 11) is 1.25. The van der Waals surface area contributed by atoms with Crippen molar-refractivity contribution in [3.05, 3.63) is 10.6 Å². The van der Waals surface area contributed by atoms with Crippen LogP contribution in [0.1, 0.15) is 13.8 Å². The second-order valence-corrected chi connectivity index (χ2v) is 5.13. The number of carbonyl (C=O) groups excluding carboxylic acids is 1. The maximum absolute atomic E-state index is 11.4. The summed E-state index contributed by atoms with van der Waals surface area (Å²) in [5.74, 6) is -0.648. The predicted molar refractivity (Wildman–Crippen MR) is 70.2 cm³/mol. The number of rotatable bonds is 2. The van der Waals surface area contributed by atoms with Crippen LogP contribution in [0.5, 0.6) is 0 Å². The maximum atomic E-state index is 11.4. The van der Waals surface area contributed by atoms with E-state index < -0.39 is 5.97 Å². The SMILES string of the molecule is COC(=O)C(C#N)=C1N=C(SC)N(C(C)C)S1. The van der Waals surface area contributed by atoms with Gasteiger partial charge < -0.3 is 4.74 Å². The number of ether oxygens (including phenoxy) is 1. The van der Waals surface area contributed by atoms with Crippen LogP contribution in [0, 0.1) is 11.3 Å². The van der Waals surface area contributed by atoms with E-state index in [-0.39, 0.29) is 11.6 Å². The number of hydrogen-bond donors (Lipinski definition) is 0. The summed E-state index contributed by atoms with van der Waals surface area (Å²) in [6.07, 6.45) is 1.90. The number of methoxy groups -OCH3 is 1. The highest BCUT2D eigenvalue weighted by molar-refractivity contribution is 8.15. The number of nitrogens with zero attached hydrogens (tertiary/aromatic N) is 3. The molecule has 0 unspecified atom stereocenters. The van der Waals surface area contributed by atoms with Crippen LogP contribution in [-0.2, 0) is 9.53 Å². The van der Waals surface area contributed by atoms with Gasteiger partial charge >= 0.3 is 5.97 Å². The van der Waals surface area contributed by atoms with Crippen LogP contribution in [-0.4, -0.2) is 34.8 Å². The number of aliphatic imine (C=N–C) groups is 1. The Morgan fingerprint density at radius 1 is 1.65 bits per heavy atom. The number of amidine groups is 1. The average molecular weight is 271 g/mol. The van der Waals surface area contributed by atoms with Crippen LogP contribution in [0.25, 0.3) is 0 Å². The van der Waals surface area contributed by atoms with E-state index in [2.05, 4.69) is 9.73 Å². The van der Waals surface area contributed by atoms with Crippen LogP contribution >= 0.6 is 23.7 Å². The van der Waals surface area contributed by atoms with Crippen molar-refractivity contribution in [2.24, 2.45) is 4.99 Å². The molecule has 0 aromatic carbocycles. The minimum atomic E-state index is -0.648. The fraction of sp³-hybridized carbons (Fsp3) is 0.500. The number of nitriles is 1. The van der Waals surface area contributed by atoms with Crippen molar-refractivity contribution in [2.75, 3.05) is 13.4 Å². The highest BCUT2D eigenvalue weighted by atomic mass is 32.2. The molecule has 7 heteroatoms. The van der Waals surface area contributed by atoms with E-state index in [1.165, 1.54) is 30.8 Å². The molecule has 0 aromatic heterocycles. The second kappa shape index (κ2) is 5.98. The number of carbonyl (C=O) groups is 1. The smallest absolute Gasteiger partial charge is 0.351 e. The molecular weight excluding hydrogens is 258 g/mol. The van der Waals surface area contributed by atoms with E-state index in [0.717, 1.165) is 5.17 Å². The largest absolute Gasteiger partial charge is 0.465 e. The molecule has 17 heavy (non-hydrogen) atoms. The lowest BCUT2D eigenvalue weighted by atomic mass is 10.3. The summed E-state index contributed by atoms with van der Waals surface area (Å²) in [5, 5.41) is 10.1. The zero-order valence-electron chi connectivity index (χ0n) is 10.1. The van der Waals surface area contributed by atoms with Crippen molar-refractivity contribution < 1.29 is 9.53 Å². The average Bonchev–Trinajstić information content (AvgIpc) is 2.73. The molecule has 0 atom stereocenters. The predicted octanol–water partition coefficient (Wildman–Crippen LogP) is 1.99. The van der Waals surface area contributed by atoms with E-state index in [9.17, 15) is 4.79 Å². The van der Waals surface area contributed by atoms with Gasteiger partial charge in [-0.25, -0.2) is 9.79 Å². The Balaban J connectivity index is 3.11. The molecule has 0 bridgehead atoms. The topological polar surface area (TPSA) is 65.7 Å².